The number of fused-ring (bicyclic) bond motifs is 3. The minimum atomic E-state index is -0.657. The summed E-state index contributed by atoms with van der Waals surface area (Å²) in [6.45, 7) is 0.149. The van der Waals surface area contributed by atoms with E-state index in [1.54, 1.807) is 31.4 Å². The molecule has 1 fully saturated rings. The van der Waals surface area contributed by atoms with Gasteiger partial charge in [0.25, 0.3) is 5.91 Å². The molecule has 0 radical (unpaired) electrons. The van der Waals surface area contributed by atoms with Crippen LogP contribution in [0.2, 0.25) is 0 Å². The van der Waals surface area contributed by atoms with Gasteiger partial charge in [0.15, 0.2) is 46.0 Å². The third-order valence-electron chi connectivity index (χ3n) is 8.93. The normalized spacial score (nSPS) is 20.5. The lowest BCUT2D eigenvalue weighted by molar-refractivity contribution is -0.141. The van der Waals surface area contributed by atoms with Crippen molar-refractivity contribution in [1.29, 1.82) is 0 Å². The van der Waals surface area contributed by atoms with Crippen LogP contribution < -0.4 is 38.5 Å². The molecule has 4 atom stereocenters. The lowest BCUT2D eigenvalue weighted by Crippen LogP contribution is -2.43. The molecule has 1 amide bonds. The van der Waals surface area contributed by atoms with E-state index < -0.39 is 29.7 Å². The van der Waals surface area contributed by atoms with Crippen molar-refractivity contribution in [3.8, 4) is 51.6 Å². The molecule has 0 saturated carbocycles. The number of hydrogen-bond acceptors (Lipinski definition) is 12. The van der Waals surface area contributed by atoms with Crippen LogP contribution in [0.15, 0.2) is 53.1 Å². The first-order valence-electron chi connectivity index (χ1n) is 14.8. The first-order valence-corrected chi connectivity index (χ1v) is 14.8. The average Bonchev–Trinajstić information content (AvgIpc) is 3.87. The molecule has 47 heavy (non-hydrogen) atoms. The van der Waals surface area contributed by atoms with Crippen LogP contribution in [-0.2, 0) is 9.53 Å². The highest BCUT2D eigenvalue weighted by atomic mass is 16.7. The van der Waals surface area contributed by atoms with Crippen molar-refractivity contribution < 1.29 is 52.0 Å². The summed E-state index contributed by atoms with van der Waals surface area (Å²) < 4.78 is 50.2. The van der Waals surface area contributed by atoms with Gasteiger partial charge in [-0.05, 0) is 59.2 Å². The molecule has 1 saturated heterocycles. The van der Waals surface area contributed by atoms with Gasteiger partial charge in [0, 0.05) is 23.5 Å². The molecule has 2 aliphatic heterocycles. The van der Waals surface area contributed by atoms with Crippen molar-refractivity contribution in [3.05, 3.63) is 70.9 Å². The minimum Gasteiger partial charge on any atom is -0.493 e. The van der Waals surface area contributed by atoms with Crippen LogP contribution in [0.25, 0.3) is 11.3 Å². The third-order valence-corrected chi connectivity index (χ3v) is 8.93. The molecule has 3 heterocycles. The highest BCUT2D eigenvalue weighted by Gasteiger charge is 2.53. The van der Waals surface area contributed by atoms with Crippen LogP contribution in [0.3, 0.4) is 0 Å². The second kappa shape index (κ2) is 12.0. The van der Waals surface area contributed by atoms with Crippen molar-refractivity contribution in [3.63, 3.8) is 0 Å². The Labute approximate surface area is 269 Å². The molecule has 3 aliphatic rings. The Morgan fingerprint density at radius 1 is 0.787 bits per heavy atom. The molecule has 1 aliphatic carbocycles. The largest absolute Gasteiger partial charge is 0.493 e. The molecule has 0 bridgehead atoms. The number of carbonyl (C=O) groups excluding carboxylic acids is 2. The Morgan fingerprint density at radius 2 is 1.47 bits per heavy atom. The number of ether oxygens (including phenoxy) is 8. The SMILES string of the molecule is COc1ccc(-c2cc(C(=O)N[C@@H]3c4cc5c(cc4[C@@H](c4cc(OC)c(OC)c(OC)c4)[C@H]4C(=O)OC[C@@H]43)OCO5)no2)cc1OC. The molecule has 244 valence electrons. The summed E-state index contributed by atoms with van der Waals surface area (Å²) in [5.41, 5.74) is 2.97. The zero-order valence-electron chi connectivity index (χ0n) is 26.3. The second-order valence-electron chi connectivity index (χ2n) is 11.2. The van der Waals surface area contributed by atoms with Crippen LogP contribution in [0.4, 0.5) is 0 Å². The van der Waals surface area contributed by atoms with Crippen molar-refractivity contribution in [1.82, 2.24) is 10.5 Å². The fourth-order valence-electron chi connectivity index (χ4n) is 6.75. The first kappa shape index (κ1) is 30.1. The molecule has 3 aromatic carbocycles. The van der Waals surface area contributed by atoms with Gasteiger partial charge in [0.2, 0.25) is 12.5 Å². The van der Waals surface area contributed by atoms with E-state index in [4.69, 9.17) is 42.4 Å². The van der Waals surface area contributed by atoms with Gasteiger partial charge in [-0.2, -0.15) is 0 Å². The van der Waals surface area contributed by atoms with Gasteiger partial charge in [0.05, 0.1) is 54.1 Å². The van der Waals surface area contributed by atoms with E-state index in [1.165, 1.54) is 28.4 Å². The summed E-state index contributed by atoms with van der Waals surface area (Å²) in [5.74, 6) is 1.35. The Kier molecular flexibility index (Phi) is 7.66. The highest BCUT2D eigenvalue weighted by Crippen LogP contribution is 2.55. The standard InChI is InChI=1S/C34H32N2O11/c1-39-22-7-6-16(8-24(22)40-2)23-13-21(36-47-23)33(37)35-31-19-12-26-25(45-15-46-26)11-18(19)29(30-20(31)14-44-34(30)38)17-9-27(41-3)32(43-5)28(10-17)42-4/h6-13,20,29-31H,14-15H2,1-5H3,(H,35,37)/t20-,29+,30-,31+/m0/s1. The van der Waals surface area contributed by atoms with E-state index >= 15 is 0 Å². The summed E-state index contributed by atoms with van der Waals surface area (Å²) in [4.78, 5) is 27.3. The van der Waals surface area contributed by atoms with Crippen LogP contribution in [-0.4, -0.2) is 66.0 Å². The van der Waals surface area contributed by atoms with Crippen LogP contribution in [0.5, 0.6) is 40.2 Å². The molecule has 7 rings (SSSR count). The number of cyclic esters (lactones) is 1. The van der Waals surface area contributed by atoms with E-state index in [1.807, 2.05) is 24.3 Å². The maximum absolute atomic E-state index is 13.8. The summed E-state index contributed by atoms with van der Waals surface area (Å²) in [6, 6.07) is 13.5. The predicted octanol–water partition coefficient (Wildman–Crippen LogP) is 4.52. The number of nitrogens with one attached hydrogen (secondary N) is 1. The molecular weight excluding hydrogens is 612 g/mol. The molecule has 13 heteroatoms. The molecule has 0 unspecified atom stereocenters. The minimum absolute atomic E-state index is 0.0524. The number of hydrogen-bond donors (Lipinski definition) is 1. The fraction of sp³-hybridized carbons (Fsp3) is 0.324. The number of carbonyl (C=O) groups is 2. The zero-order valence-corrected chi connectivity index (χ0v) is 26.3. The number of esters is 1. The Hall–Kier alpha value is -5.59. The number of benzene rings is 3. The van der Waals surface area contributed by atoms with Crippen LogP contribution in [0, 0.1) is 11.8 Å². The molecule has 13 nitrogen and oxygen atoms in total. The second-order valence-corrected chi connectivity index (χ2v) is 11.2. The van der Waals surface area contributed by atoms with Gasteiger partial charge in [-0.25, -0.2) is 0 Å². The van der Waals surface area contributed by atoms with Crippen molar-refractivity contribution in [2.45, 2.75) is 12.0 Å². The summed E-state index contributed by atoms with van der Waals surface area (Å²) in [7, 11) is 7.68. The maximum atomic E-state index is 13.8. The lowest BCUT2D eigenvalue weighted by Gasteiger charge is -2.39. The van der Waals surface area contributed by atoms with Gasteiger partial charge in [-0.1, -0.05) is 5.16 Å². The highest BCUT2D eigenvalue weighted by molar-refractivity contribution is 5.93. The quantitative estimate of drug-likeness (QED) is 0.256. The average molecular weight is 645 g/mol. The van der Waals surface area contributed by atoms with Gasteiger partial charge >= 0.3 is 5.97 Å². The summed E-state index contributed by atoms with van der Waals surface area (Å²) in [6.07, 6.45) is 0. The van der Waals surface area contributed by atoms with Crippen LogP contribution in [0.1, 0.15) is 39.1 Å². The third kappa shape index (κ3) is 4.98. The number of methoxy groups -OCH3 is 5. The fourth-order valence-corrected chi connectivity index (χ4v) is 6.75. The maximum Gasteiger partial charge on any atom is 0.310 e. The van der Waals surface area contributed by atoms with E-state index in [2.05, 4.69) is 10.5 Å². The number of amides is 1. The van der Waals surface area contributed by atoms with Gasteiger partial charge in [-0.3, -0.25) is 9.59 Å². The molecule has 0 spiro atoms. The first-order chi connectivity index (χ1) is 22.9. The molecule has 4 aromatic rings. The zero-order chi connectivity index (χ0) is 32.8. The van der Waals surface area contributed by atoms with E-state index in [0.29, 0.717) is 51.6 Å². The summed E-state index contributed by atoms with van der Waals surface area (Å²) >= 11 is 0. The number of aromatic nitrogens is 1. The monoisotopic (exact) mass is 644 g/mol. The van der Waals surface area contributed by atoms with Crippen molar-refractivity contribution in [2.24, 2.45) is 11.8 Å². The van der Waals surface area contributed by atoms with Gasteiger partial charge in [0.1, 0.15) is 0 Å². The van der Waals surface area contributed by atoms with E-state index in [9.17, 15) is 9.59 Å². The Bertz CT molecular complexity index is 1840. The number of nitrogens with zero attached hydrogens (tertiary/aromatic N) is 1. The lowest BCUT2D eigenvalue weighted by atomic mass is 9.65. The van der Waals surface area contributed by atoms with E-state index in [-0.39, 0.29) is 25.1 Å². The topological polar surface area (TPSA) is 146 Å². The molecule has 1 aromatic heterocycles. The predicted molar refractivity (Wildman–Crippen MR) is 164 cm³/mol. The molecular formula is C34H32N2O11. The van der Waals surface area contributed by atoms with Crippen LogP contribution >= 0.6 is 0 Å². The Morgan fingerprint density at radius 3 is 2.13 bits per heavy atom. The van der Waals surface area contributed by atoms with Crippen molar-refractivity contribution >= 4 is 11.9 Å². The van der Waals surface area contributed by atoms with Crippen molar-refractivity contribution in [2.75, 3.05) is 48.9 Å². The Balaban J connectivity index is 1.28. The number of rotatable bonds is 9. The molecule has 1 N–H and O–H groups in total. The smallest absolute Gasteiger partial charge is 0.310 e. The van der Waals surface area contributed by atoms with Gasteiger partial charge < -0.3 is 47.7 Å². The van der Waals surface area contributed by atoms with Gasteiger partial charge in [-0.15, -0.1) is 0 Å². The van der Waals surface area contributed by atoms with E-state index in [0.717, 1.165) is 16.7 Å². The summed E-state index contributed by atoms with van der Waals surface area (Å²) in [5, 5.41) is 7.16.